The van der Waals surface area contributed by atoms with E-state index in [1.807, 2.05) is 0 Å². The van der Waals surface area contributed by atoms with E-state index in [1.54, 1.807) is 47.2 Å². The summed E-state index contributed by atoms with van der Waals surface area (Å²) in [6.45, 7) is 1.70. The predicted octanol–water partition coefficient (Wildman–Crippen LogP) is 3.20. The standard InChI is InChI=1S/C19H18BrFN2O3/c1-26-17-4-2-13(3-5-17)18(24)22-6-8-23(9-7-22)19(25)14-10-15(20)12-16(21)11-14/h2-5,10-12H,6-9H2,1H3. The Hall–Kier alpha value is -2.41. The number of halogens is 2. The van der Waals surface area contributed by atoms with Crippen LogP contribution >= 0.6 is 15.9 Å². The van der Waals surface area contributed by atoms with Crippen LogP contribution in [0.1, 0.15) is 20.7 Å². The first-order valence-corrected chi connectivity index (χ1v) is 8.96. The topological polar surface area (TPSA) is 49.9 Å². The molecule has 5 nitrogen and oxygen atoms in total. The molecule has 0 atom stereocenters. The second kappa shape index (κ2) is 7.86. The van der Waals surface area contributed by atoms with Crippen molar-refractivity contribution in [3.05, 3.63) is 63.9 Å². The Morgan fingerprint density at radius 1 is 0.923 bits per heavy atom. The molecular formula is C19H18BrFN2O3. The maximum absolute atomic E-state index is 13.5. The van der Waals surface area contributed by atoms with Gasteiger partial charge in [0.2, 0.25) is 0 Å². The number of carbonyl (C=O) groups is 2. The molecule has 1 aliphatic heterocycles. The van der Waals surface area contributed by atoms with Gasteiger partial charge >= 0.3 is 0 Å². The van der Waals surface area contributed by atoms with Gasteiger partial charge in [-0.15, -0.1) is 0 Å². The Kier molecular flexibility index (Phi) is 5.56. The maximum atomic E-state index is 13.5. The molecule has 3 rings (SSSR count). The summed E-state index contributed by atoms with van der Waals surface area (Å²) in [6.07, 6.45) is 0. The third-order valence-corrected chi connectivity index (χ3v) is 4.76. The van der Waals surface area contributed by atoms with E-state index in [2.05, 4.69) is 15.9 Å². The van der Waals surface area contributed by atoms with E-state index < -0.39 is 5.82 Å². The summed E-state index contributed by atoms with van der Waals surface area (Å²) in [4.78, 5) is 28.5. The van der Waals surface area contributed by atoms with Crippen LogP contribution in [0.2, 0.25) is 0 Å². The number of piperazine rings is 1. The lowest BCUT2D eigenvalue weighted by atomic mass is 10.1. The van der Waals surface area contributed by atoms with Crippen LogP contribution in [0.15, 0.2) is 46.9 Å². The highest BCUT2D eigenvalue weighted by atomic mass is 79.9. The van der Waals surface area contributed by atoms with E-state index in [-0.39, 0.29) is 11.8 Å². The van der Waals surface area contributed by atoms with Crippen molar-refractivity contribution in [1.82, 2.24) is 9.80 Å². The molecule has 26 heavy (non-hydrogen) atoms. The van der Waals surface area contributed by atoms with Crippen molar-refractivity contribution in [2.24, 2.45) is 0 Å². The van der Waals surface area contributed by atoms with E-state index in [4.69, 9.17) is 4.74 Å². The molecule has 0 saturated carbocycles. The van der Waals surface area contributed by atoms with Crippen molar-refractivity contribution in [3.8, 4) is 5.75 Å². The molecule has 136 valence electrons. The Balaban J connectivity index is 1.62. The average Bonchev–Trinajstić information content (AvgIpc) is 2.66. The Morgan fingerprint density at radius 2 is 1.46 bits per heavy atom. The summed E-state index contributed by atoms with van der Waals surface area (Å²) >= 11 is 3.20. The van der Waals surface area contributed by atoms with Crippen molar-refractivity contribution in [1.29, 1.82) is 0 Å². The predicted molar refractivity (Wildman–Crippen MR) is 98.9 cm³/mol. The summed E-state index contributed by atoms with van der Waals surface area (Å²) in [5, 5.41) is 0. The van der Waals surface area contributed by atoms with Gasteiger partial charge in [0.05, 0.1) is 7.11 Å². The molecule has 0 aliphatic carbocycles. The SMILES string of the molecule is COc1ccc(C(=O)N2CCN(C(=O)c3cc(F)cc(Br)c3)CC2)cc1. The van der Waals surface area contributed by atoms with Gasteiger partial charge in [-0.1, -0.05) is 15.9 Å². The van der Waals surface area contributed by atoms with Crippen LogP contribution in [-0.4, -0.2) is 54.9 Å². The van der Waals surface area contributed by atoms with E-state index in [9.17, 15) is 14.0 Å². The van der Waals surface area contributed by atoms with Gasteiger partial charge in [-0.05, 0) is 42.5 Å². The molecule has 2 amide bonds. The summed E-state index contributed by atoms with van der Waals surface area (Å²) in [5.74, 6) is -0.0794. The molecular weight excluding hydrogens is 403 g/mol. The minimum atomic E-state index is -0.462. The number of hydrogen-bond donors (Lipinski definition) is 0. The van der Waals surface area contributed by atoms with Crippen molar-refractivity contribution >= 4 is 27.7 Å². The average molecular weight is 421 g/mol. The van der Waals surface area contributed by atoms with Gasteiger partial charge in [-0.3, -0.25) is 9.59 Å². The van der Waals surface area contributed by atoms with Crippen LogP contribution in [0.25, 0.3) is 0 Å². The first kappa shape index (κ1) is 18.4. The molecule has 7 heteroatoms. The monoisotopic (exact) mass is 420 g/mol. The van der Waals surface area contributed by atoms with Crippen LogP contribution in [0.5, 0.6) is 5.75 Å². The van der Waals surface area contributed by atoms with Crippen LogP contribution in [-0.2, 0) is 0 Å². The third kappa shape index (κ3) is 4.04. The first-order valence-electron chi connectivity index (χ1n) is 8.16. The normalized spacial score (nSPS) is 14.3. The van der Waals surface area contributed by atoms with Crippen molar-refractivity contribution < 1.29 is 18.7 Å². The van der Waals surface area contributed by atoms with Gasteiger partial charge in [0.1, 0.15) is 11.6 Å². The molecule has 2 aromatic rings. The Morgan fingerprint density at radius 3 is 1.96 bits per heavy atom. The summed E-state index contributed by atoms with van der Waals surface area (Å²) in [5.41, 5.74) is 0.881. The van der Waals surface area contributed by atoms with Gasteiger partial charge < -0.3 is 14.5 Å². The fourth-order valence-corrected chi connectivity index (χ4v) is 3.35. The largest absolute Gasteiger partial charge is 0.497 e. The highest BCUT2D eigenvalue weighted by Gasteiger charge is 2.26. The smallest absolute Gasteiger partial charge is 0.254 e. The lowest BCUT2D eigenvalue weighted by Crippen LogP contribution is -2.50. The van der Waals surface area contributed by atoms with Gasteiger partial charge in [0.15, 0.2) is 0 Å². The quantitative estimate of drug-likeness (QED) is 0.765. The summed E-state index contributed by atoms with van der Waals surface area (Å²) < 4.78 is 19.1. The number of rotatable bonds is 3. The van der Waals surface area contributed by atoms with Gasteiger partial charge in [0.25, 0.3) is 11.8 Å². The number of benzene rings is 2. The van der Waals surface area contributed by atoms with E-state index in [0.717, 1.165) is 0 Å². The molecule has 0 aromatic heterocycles. The zero-order chi connectivity index (χ0) is 18.7. The lowest BCUT2D eigenvalue weighted by Gasteiger charge is -2.35. The Labute approximate surface area is 159 Å². The van der Waals surface area contributed by atoms with Crippen molar-refractivity contribution in [2.45, 2.75) is 0 Å². The van der Waals surface area contributed by atoms with Crippen LogP contribution in [0, 0.1) is 5.82 Å². The summed E-state index contributed by atoms with van der Waals surface area (Å²) in [6, 6.07) is 11.1. The fourth-order valence-electron chi connectivity index (χ4n) is 2.89. The minimum Gasteiger partial charge on any atom is -0.497 e. The minimum absolute atomic E-state index is 0.0757. The molecule has 0 N–H and O–H groups in total. The number of hydrogen-bond acceptors (Lipinski definition) is 3. The second-order valence-corrected chi connectivity index (χ2v) is 6.89. The number of ether oxygens (including phenoxy) is 1. The van der Waals surface area contributed by atoms with E-state index >= 15 is 0 Å². The highest BCUT2D eigenvalue weighted by Crippen LogP contribution is 2.18. The van der Waals surface area contributed by atoms with Gasteiger partial charge in [-0.25, -0.2) is 4.39 Å². The van der Waals surface area contributed by atoms with Crippen LogP contribution in [0.3, 0.4) is 0 Å². The molecule has 0 radical (unpaired) electrons. The number of methoxy groups -OCH3 is 1. The molecule has 1 fully saturated rings. The molecule has 0 bridgehead atoms. The zero-order valence-electron chi connectivity index (χ0n) is 14.2. The third-order valence-electron chi connectivity index (χ3n) is 4.30. The lowest BCUT2D eigenvalue weighted by molar-refractivity contribution is 0.0535. The zero-order valence-corrected chi connectivity index (χ0v) is 15.8. The van der Waals surface area contributed by atoms with E-state index in [1.165, 1.54) is 12.1 Å². The van der Waals surface area contributed by atoms with Crippen molar-refractivity contribution in [3.63, 3.8) is 0 Å². The number of carbonyl (C=O) groups excluding carboxylic acids is 2. The molecule has 0 spiro atoms. The van der Waals surface area contributed by atoms with Crippen LogP contribution < -0.4 is 4.74 Å². The highest BCUT2D eigenvalue weighted by molar-refractivity contribution is 9.10. The van der Waals surface area contributed by atoms with Crippen LogP contribution in [0.4, 0.5) is 4.39 Å². The second-order valence-electron chi connectivity index (χ2n) is 5.97. The van der Waals surface area contributed by atoms with E-state index in [0.29, 0.717) is 47.5 Å². The number of amides is 2. The molecule has 0 unspecified atom stereocenters. The van der Waals surface area contributed by atoms with Crippen molar-refractivity contribution in [2.75, 3.05) is 33.3 Å². The van der Waals surface area contributed by atoms with Gasteiger partial charge in [0, 0.05) is 41.8 Å². The van der Waals surface area contributed by atoms with Gasteiger partial charge in [-0.2, -0.15) is 0 Å². The molecule has 1 aliphatic rings. The fraction of sp³-hybridized carbons (Fsp3) is 0.263. The Bertz CT molecular complexity index is 798. The number of nitrogens with zero attached hydrogens (tertiary/aromatic N) is 2. The summed E-state index contributed by atoms with van der Waals surface area (Å²) in [7, 11) is 1.57. The maximum Gasteiger partial charge on any atom is 0.254 e. The molecule has 1 saturated heterocycles. The first-order chi connectivity index (χ1) is 12.5. The molecule has 2 aromatic carbocycles. The molecule has 1 heterocycles.